The Kier molecular flexibility index (Phi) is 7.15. The fraction of sp³-hybridized carbons (Fsp3) is 0.320. The number of rotatable bonds is 8. The molecule has 4 rings (SSSR count). The number of benzene rings is 2. The zero-order valence-corrected chi connectivity index (χ0v) is 19.5. The number of aryl methyl sites for hydroxylation is 1. The number of furan rings is 1. The van der Waals surface area contributed by atoms with E-state index in [4.69, 9.17) is 4.42 Å². The zero-order chi connectivity index (χ0) is 23.3. The molecule has 8 heteroatoms. The third-order valence-corrected chi connectivity index (χ3v) is 7.25. The molecule has 1 aliphatic rings. The molecule has 33 heavy (non-hydrogen) atoms. The van der Waals surface area contributed by atoms with Crippen LogP contribution in [0, 0.1) is 6.92 Å². The summed E-state index contributed by atoms with van der Waals surface area (Å²) in [6, 6.07) is 16.9. The van der Waals surface area contributed by atoms with Crippen LogP contribution in [-0.2, 0) is 10.0 Å². The first-order valence-corrected chi connectivity index (χ1v) is 12.7. The molecule has 2 heterocycles. The molecule has 1 atom stereocenters. The van der Waals surface area contributed by atoms with Crippen molar-refractivity contribution >= 4 is 21.6 Å². The van der Waals surface area contributed by atoms with E-state index in [0.29, 0.717) is 17.8 Å². The van der Waals surface area contributed by atoms with Gasteiger partial charge in [0.15, 0.2) is 0 Å². The average molecular weight is 468 g/mol. The summed E-state index contributed by atoms with van der Waals surface area (Å²) < 4.78 is 33.9. The van der Waals surface area contributed by atoms with Crippen molar-refractivity contribution < 1.29 is 17.6 Å². The molecule has 1 saturated heterocycles. The Hall–Kier alpha value is -3.10. The minimum absolute atomic E-state index is 0.0364. The number of hydrogen-bond donors (Lipinski definition) is 2. The predicted molar refractivity (Wildman–Crippen MR) is 128 cm³/mol. The first-order valence-electron chi connectivity index (χ1n) is 11.2. The van der Waals surface area contributed by atoms with Crippen LogP contribution in [-0.4, -0.2) is 38.9 Å². The number of amides is 1. The molecule has 3 aromatic rings. The molecule has 1 aromatic heterocycles. The van der Waals surface area contributed by atoms with Gasteiger partial charge in [0.1, 0.15) is 5.76 Å². The number of anilines is 1. The fourth-order valence-electron chi connectivity index (χ4n) is 4.05. The number of piperidine rings is 1. The van der Waals surface area contributed by atoms with Crippen molar-refractivity contribution in [2.45, 2.75) is 37.1 Å². The quantitative estimate of drug-likeness (QED) is 0.514. The molecule has 0 aliphatic carbocycles. The van der Waals surface area contributed by atoms with Crippen LogP contribution in [0.1, 0.15) is 47.0 Å². The third kappa shape index (κ3) is 5.83. The fourth-order valence-corrected chi connectivity index (χ4v) is 5.16. The van der Waals surface area contributed by atoms with Gasteiger partial charge in [-0.05, 0) is 75.3 Å². The molecule has 1 fully saturated rings. The minimum atomic E-state index is -3.82. The van der Waals surface area contributed by atoms with Crippen LogP contribution in [0.4, 0.5) is 5.69 Å². The summed E-state index contributed by atoms with van der Waals surface area (Å²) in [5.74, 6) is 0.492. The van der Waals surface area contributed by atoms with Crippen LogP contribution in [0.25, 0.3) is 0 Å². The number of hydrogen-bond acceptors (Lipinski definition) is 5. The van der Waals surface area contributed by atoms with Gasteiger partial charge in [-0.25, -0.2) is 8.42 Å². The molecular weight excluding hydrogens is 438 g/mol. The van der Waals surface area contributed by atoms with Crippen molar-refractivity contribution in [3.63, 3.8) is 0 Å². The van der Waals surface area contributed by atoms with Gasteiger partial charge in [0.25, 0.3) is 15.9 Å². The molecule has 0 bridgehead atoms. The lowest BCUT2D eigenvalue weighted by Gasteiger charge is -2.33. The van der Waals surface area contributed by atoms with Gasteiger partial charge < -0.3 is 9.73 Å². The number of nitrogens with one attached hydrogen (secondary N) is 2. The largest absolute Gasteiger partial charge is 0.468 e. The van der Waals surface area contributed by atoms with E-state index in [-0.39, 0.29) is 16.8 Å². The Morgan fingerprint density at radius 3 is 2.48 bits per heavy atom. The van der Waals surface area contributed by atoms with E-state index < -0.39 is 10.0 Å². The van der Waals surface area contributed by atoms with E-state index in [1.165, 1.54) is 18.6 Å². The lowest BCUT2D eigenvalue weighted by Crippen LogP contribution is -2.40. The lowest BCUT2D eigenvalue weighted by atomic mass is 10.1. The molecule has 7 nitrogen and oxygen atoms in total. The second kappa shape index (κ2) is 10.2. The minimum Gasteiger partial charge on any atom is -0.468 e. The maximum atomic E-state index is 12.9. The molecular formula is C25H29N3O4S. The number of carbonyl (C=O) groups excluding carboxylic acids is 1. The molecule has 1 aliphatic heterocycles. The highest BCUT2D eigenvalue weighted by atomic mass is 32.2. The standard InChI is InChI=1S/C25H29N3O4S/c1-19-10-12-21(13-11-19)27-33(30,31)22-8-5-7-20(17-22)25(29)26-18-23(24-9-6-16-32-24)28-14-3-2-4-15-28/h5-13,16-17,23,27H,2-4,14-15,18H2,1H3,(H,26,29)/t23-/m0/s1. The topological polar surface area (TPSA) is 91.6 Å². The first kappa shape index (κ1) is 23.1. The number of sulfonamides is 1. The maximum absolute atomic E-state index is 12.9. The first-order chi connectivity index (χ1) is 15.9. The summed E-state index contributed by atoms with van der Waals surface area (Å²) in [6.07, 6.45) is 5.10. The predicted octanol–water partition coefficient (Wildman–Crippen LogP) is 4.35. The van der Waals surface area contributed by atoms with Crippen LogP contribution in [0.5, 0.6) is 0 Å². The second-order valence-electron chi connectivity index (χ2n) is 8.34. The molecule has 2 N–H and O–H groups in total. The van der Waals surface area contributed by atoms with Crippen molar-refractivity contribution in [1.29, 1.82) is 0 Å². The third-order valence-electron chi connectivity index (χ3n) is 5.87. The highest BCUT2D eigenvalue weighted by Gasteiger charge is 2.25. The maximum Gasteiger partial charge on any atom is 0.261 e. The Labute approximate surface area is 194 Å². The van der Waals surface area contributed by atoms with Crippen LogP contribution in [0.3, 0.4) is 0 Å². The van der Waals surface area contributed by atoms with Crippen LogP contribution >= 0.6 is 0 Å². The Morgan fingerprint density at radius 2 is 1.79 bits per heavy atom. The van der Waals surface area contributed by atoms with E-state index in [0.717, 1.165) is 37.3 Å². The molecule has 0 unspecified atom stereocenters. The summed E-state index contributed by atoms with van der Waals surface area (Å²) in [5, 5.41) is 2.96. The highest BCUT2D eigenvalue weighted by Crippen LogP contribution is 2.25. The van der Waals surface area contributed by atoms with E-state index in [9.17, 15) is 13.2 Å². The molecule has 0 spiro atoms. The number of nitrogens with zero attached hydrogens (tertiary/aromatic N) is 1. The Morgan fingerprint density at radius 1 is 1.03 bits per heavy atom. The zero-order valence-electron chi connectivity index (χ0n) is 18.7. The molecule has 174 valence electrons. The summed E-state index contributed by atoms with van der Waals surface area (Å²) >= 11 is 0. The monoisotopic (exact) mass is 467 g/mol. The van der Waals surface area contributed by atoms with Crippen LogP contribution < -0.4 is 10.0 Å². The highest BCUT2D eigenvalue weighted by molar-refractivity contribution is 7.92. The molecule has 1 amide bonds. The number of likely N-dealkylation sites (tertiary alicyclic amines) is 1. The van der Waals surface area contributed by atoms with Gasteiger partial charge in [0.05, 0.1) is 17.2 Å². The van der Waals surface area contributed by atoms with E-state index in [1.807, 2.05) is 31.2 Å². The van der Waals surface area contributed by atoms with Crippen molar-refractivity contribution in [2.75, 3.05) is 24.4 Å². The van der Waals surface area contributed by atoms with E-state index in [1.54, 1.807) is 30.5 Å². The van der Waals surface area contributed by atoms with E-state index >= 15 is 0 Å². The van der Waals surface area contributed by atoms with Crippen LogP contribution in [0.15, 0.2) is 76.2 Å². The number of carbonyl (C=O) groups is 1. The van der Waals surface area contributed by atoms with Gasteiger partial charge in [-0.1, -0.05) is 30.2 Å². The van der Waals surface area contributed by atoms with Gasteiger partial charge >= 0.3 is 0 Å². The van der Waals surface area contributed by atoms with Crippen molar-refractivity contribution in [3.05, 3.63) is 83.8 Å². The van der Waals surface area contributed by atoms with E-state index in [2.05, 4.69) is 14.9 Å². The summed E-state index contributed by atoms with van der Waals surface area (Å²) in [7, 11) is -3.82. The molecule has 0 saturated carbocycles. The summed E-state index contributed by atoms with van der Waals surface area (Å²) in [4.78, 5) is 15.3. The second-order valence-corrected chi connectivity index (χ2v) is 10.0. The van der Waals surface area contributed by atoms with Gasteiger partial charge in [0, 0.05) is 17.8 Å². The molecule has 0 radical (unpaired) electrons. The van der Waals surface area contributed by atoms with Gasteiger partial charge in [-0.2, -0.15) is 0 Å². The Balaban J connectivity index is 1.46. The van der Waals surface area contributed by atoms with Gasteiger partial charge in [-0.3, -0.25) is 14.4 Å². The average Bonchev–Trinajstić information content (AvgIpc) is 3.36. The Bertz CT molecular complexity index is 1170. The van der Waals surface area contributed by atoms with Crippen molar-refractivity contribution in [3.8, 4) is 0 Å². The summed E-state index contributed by atoms with van der Waals surface area (Å²) in [5.41, 5.74) is 1.80. The van der Waals surface area contributed by atoms with Crippen molar-refractivity contribution in [2.24, 2.45) is 0 Å². The lowest BCUT2D eigenvalue weighted by molar-refractivity contribution is 0.0914. The van der Waals surface area contributed by atoms with Crippen LogP contribution in [0.2, 0.25) is 0 Å². The van der Waals surface area contributed by atoms with Crippen molar-refractivity contribution in [1.82, 2.24) is 10.2 Å². The normalized spacial score (nSPS) is 15.7. The van der Waals surface area contributed by atoms with Gasteiger partial charge in [-0.15, -0.1) is 0 Å². The summed E-state index contributed by atoms with van der Waals surface area (Å²) in [6.45, 7) is 4.23. The van der Waals surface area contributed by atoms with Gasteiger partial charge in [0.2, 0.25) is 0 Å². The molecule has 2 aromatic carbocycles. The SMILES string of the molecule is Cc1ccc(NS(=O)(=O)c2cccc(C(=O)NC[C@@H](c3ccco3)N3CCCCC3)c2)cc1. The smallest absolute Gasteiger partial charge is 0.261 e.